The molecule has 0 radical (unpaired) electrons. The molecule has 0 fully saturated rings. The van der Waals surface area contributed by atoms with Crippen molar-refractivity contribution in [3.8, 4) is 17.2 Å². The molecule has 0 aliphatic heterocycles. The van der Waals surface area contributed by atoms with E-state index in [1.165, 1.54) is 11.3 Å². The summed E-state index contributed by atoms with van der Waals surface area (Å²) in [5, 5.41) is 6.40. The van der Waals surface area contributed by atoms with Gasteiger partial charge in [-0.1, -0.05) is 23.5 Å². The lowest BCUT2D eigenvalue weighted by atomic mass is 10.1. The third kappa shape index (κ3) is 5.17. The van der Waals surface area contributed by atoms with E-state index in [2.05, 4.69) is 15.6 Å². The van der Waals surface area contributed by atoms with Gasteiger partial charge in [0, 0.05) is 5.56 Å². The van der Waals surface area contributed by atoms with Crippen LogP contribution in [0.1, 0.15) is 31.1 Å². The van der Waals surface area contributed by atoms with Gasteiger partial charge in [0.1, 0.15) is 0 Å². The third-order valence-electron chi connectivity index (χ3n) is 3.91. The number of nitrogens with zero attached hydrogens (tertiary/aromatic N) is 1. The van der Waals surface area contributed by atoms with E-state index in [9.17, 15) is 4.79 Å². The lowest BCUT2D eigenvalue weighted by Crippen LogP contribution is -2.34. The van der Waals surface area contributed by atoms with Crippen molar-refractivity contribution in [3.63, 3.8) is 0 Å². The highest BCUT2D eigenvalue weighted by Crippen LogP contribution is 2.39. The van der Waals surface area contributed by atoms with E-state index in [1.807, 2.05) is 45.0 Å². The van der Waals surface area contributed by atoms with Crippen LogP contribution in [-0.2, 0) is 0 Å². The minimum atomic E-state index is -0.390. The van der Waals surface area contributed by atoms with Crippen LogP contribution >= 0.6 is 23.6 Å². The number of carbonyl (C=O) groups excluding carboxylic acids is 1. The van der Waals surface area contributed by atoms with Crippen molar-refractivity contribution >= 4 is 49.9 Å². The molecule has 2 aromatic carbocycles. The number of anilines is 1. The fourth-order valence-corrected chi connectivity index (χ4v) is 3.87. The van der Waals surface area contributed by atoms with Crippen LogP contribution < -0.4 is 24.8 Å². The second-order valence-electron chi connectivity index (χ2n) is 6.00. The second-order valence-corrected chi connectivity index (χ2v) is 7.43. The minimum Gasteiger partial charge on any atom is -0.490 e. The first-order valence-corrected chi connectivity index (χ1v) is 10.8. The van der Waals surface area contributed by atoms with Crippen molar-refractivity contribution in [1.82, 2.24) is 10.3 Å². The number of fused-ring (bicyclic) bond motifs is 1. The van der Waals surface area contributed by atoms with Gasteiger partial charge in [0.15, 0.2) is 21.7 Å². The monoisotopic (exact) mass is 445 g/mol. The Kier molecular flexibility index (Phi) is 7.42. The standard InChI is InChI=1S/C21H23N3O4S2/c1-4-26-15-11-13(12-16(27-5-2)18(15)28-6-3)19(25)23-20(29)24-21-22-14-9-7-8-10-17(14)30-21/h7-12H,4-6H2,1-3H3,(H2,22,23,24,25,29). The SMILES string of the molecule is CCOc1cc(C(=O)NC(=S)Nc2nc3ccccc3s2)cc(OCC)c1OCC. The molecule has 0 aliphatic carbocycles. The van der Waals surface area contributed by atoms with Crippen LogP contribution in [0, 0.1) is 0 Å². The highest BCUT2D eigenvalue weighted by Gasteiger charge is 2.19. The van der Waals surface area contributed by atoms with E-state index in [-0.39, 0.29) is 5.11 Å². The zero-order valence-corrected chi connectivity index (χ0v) is 18.6. The van der Waals surface area contributed by atoms with Crippen LogP contribution in [0.15, 0.2) is 36.4 Å². The van der Waals surface area contributed by atoms with Crippen molar-refractivity contribution in [2.24, 2.45) is 0 Å². The Labute approximate surface area is 184 Å². The number of ether oxygens (including phenoxy) is 3. The van der Waals surface area contributed by atoms with Gasteiger partial charge >= 0.3 is 0 Å². The molecule has 3 rings (SSSR count). The van der Waals surface area contributed by atoms with Gasteiger partial charge in [-0.15, -0.1) is 0 Å². The number of rotatable bonds is 8. The second kappa shape index (κ2) is 10.2. The maximum atomic E-state index is 12.8. The largest absolute Gasteiger partial charge is 0.490 e. The molecular weight excluding hydrogens is 422 g/mol. The number of thiocarbonyl (C=S) groups is 1. The van der Waals surface area contributed by atoms with Gasteiger partial charge in [-0.3, -0.25) is 10.1 Å². The summed E-state index contributed by atoms with van der Waals surface area (Å²) in [6.07, 6.45) is 0. The first-order valence-electron chi connectivity index (χ1n) is 9.60. The van der Waals surface area contributed by atoms with E-state index in [0.717, 1.165) is 10.2 Å². The number of hydrogen-bond donors (Lipinski definition) is 2. The third-order valence-corrected chi connectivity index (χ3v) is 5.07. The molecule has 30 heavy (non-hydrogen) atoms. The molecule has 1 heterocycles. The summed E-state index contributed by atoms with van der Waals surface area (Å²) < 4.78 is 18.0. The van der Waals surface area contributed by atoms with Crippen molar-refractivity contribution in [3.05, 3.63) is 42.0 Å². The van der Waals surface area contributed by atoms with E-state index in [1.54, 1.807) is 12.1 Å². The Bertz CT molecular complexity index is 992. The van der Waals surface area contributed by atoms with Gasteiger partial charge in [-0.05, 0) is 57.3 Å². The van der Waals surface area contributed by atoms with Crippen LogP contribution in [0.5, 0.6) is 17.2 Å². The van der Waals surface area contributed by atoms with E-state index >= 15 is 0 Å². The molecule has 2 N–H and O–H groups in total. The van der Waals surface area contributed by atoms with Crippen LogP contribution in [0.3, 0.4) is 0 Å². The average molecular weight is 446 g/mol. The van der Waals surface area contributed by atoms with Crippen LogP contribution in [0.2, 0.25) is 0 Å². The summed E-state index contributed by atoms with van der Waals surface area (Å²) in [7, 11) is 0. The molecule has 9 heteroatoms. The first-order chi connectivity index (χ1) is 14.5. The van der Waals surface area contributed by atoms with Gasteiger partial charge in [0.2, 0.25) is 5.75 Å². The molecule has 158 valence electrons. The Morgan fingerprint density at radius 1 is 1.03 bits per heavy atom. The maximum Gasteiger partial charge on any atom is 0.257 e. The molecule has 1 amide bonds. The van der Waals surface area contributed by atoms with E-state index in [4.69, 9.17) is 26.4 Å². The van der Waals surface area contributed by atoms with E-state index in [0.29, 0.717) is 47.8 Å². The molecule has 0 spiro atoms. The number of benzene rings is 2. The van der Waals surface area contributed by atoms with Gasteiger partial charge < -0.3 is 19.5 Å². The minimum absolute atomic E-state index is 0.156. The highest BCUT2D eigenvalue weighted by atomic mass is 32.1. The molecule has 0 aliphatic rings. The lowest BCUT2D eigenvalue weighted by molar-refractivity contribution is 0.0976. The summed E-state index contributed by atoms with van der Waals surface area (Å²) in [5.74, 6) is 0.979. The predicted molar refractivity (Wildman–Crippen MR) is 123 cm³/mol. The Morgan fingerprint density at radius 2 is 1.67 bits per heavy atom. The zero-order chi connectivity index (χ0) is 21.5. The first kappa shape index (κ1) is 21.8. The molecule has 0 saturated carbocycles. The number of para-hydroxylation sites is 1. The van der Waals surface area contributed by atoms with E-state index < -0.39 is 5.91 Å². The summed E-state index contributed by atoms with van der Waals surface area (Å²) in [6.45, 7) is 6.89. The maximum absolute atomic E-state index is 12.8. The number of aromatic nitrogens is 1. The Balaban J connectivity index is 1.78. The Morgan fingerprint density at radius 3 is 2.27 bits per heavy atom. The van der Waals surface area contributed by atoms with Crippen LogP contribution in [0.25, 0.3) is 10.2 Å². The topological polar surface area (TPSA) is 81.7 Å². The van der Waals surface area contributed by atoms with Crippen molar-refractivity contribution < 1.29 is 19.0 Å². The smallest absolute Gasteiger partial charge is 0.257 e. The zero-order valence-electron chi connectivity index (χ0n) is 17.0. The normalized spacial score (nSPS) is 10.5. The number of carbonyl (C=O) groups is 1. The van der Waals surface area contributed by atoms with Gasteiger partial charge in [0.25, 0.3) is 5.91 Å². The average Bonchev–Trinajstić information content (AvgIpc) is 3.12. The van der Waals surface area contributed by atoms with Crippen molar-refractivity contribution in [1.29, 1.82) is 0 Å². The number of nitrogens with one attached hydrogen (secondary N) is 2. The van der Waals surface area contributed by atoms with Gasteiger partial charge in [-0.25, -0.2) is 4.98 Å². The number of amides is 1. The molecule has 0 unspecified atom stereocenters. The molecule has 0 atom stereocenters. The molecular formula is C21H23N3O4S2. The van der Waals surface area contributed by atoms with Crippen LogP contribution in [-0.4, -0.2) is 35.8 Å². The fraction of sp³-hybridized carbons (Fsp3) is 0.286. The number of thiazole rings is 1. The number of hydrogen-bond acceptors (Lipinski definition) is 7. The summed E-state index contributed by atoms with van der Waals surface area (Å²) >= 11 is 6.75. The van der Waals surface area contributed by atoms with Crippen LogP contribution in [0.4, 0.5) is 5.13 Å². The summed E-state index contributed by atoms with van der Waals surface area (Å²) in [4.78, 5) is 17.2. The summed E-state index contributed by atoms with van der Waals surface area (Å²) in [6, 6.07) is 11.0. The van der Waals surface area contributed by atoms with Gasteiger partial charge in [0.05, 0.1) is 30.0 Å². The molecule has 3 aromatic rings. The lowest BCUT2D eigenvalue weighted by Gasteiger charge is -2.17. The Hall–Kier alpha value is -2.91. The molecule has 0 bridgehead atoms. The predicted octanol–water partition coefficient (Wildman–Crippen LogP) is 4.62. The quantitative estimate of drug-likeness (QED) is 0.490. The van der Waals surface area contributed by atoms with Crippen molar-refractivity contribution in [2.75, 3.05) is 25.1 Å². The highest BCUT2D eigenvalue weighted by molar-refractivity contribution is 7.80. The fourth-order valence-electron chi connectivity index (χ4n) is 2.75. The van der Waals surface area contributed by atoms with Crippen molar-refractivity contribution in [2.45, 2.75) is 20.8 Å². The molecule has 0 saturated heterocycles. The summed E-state index contributed by atoms with van der Waals surface area (Å²) in [5.41, 5.74) is 1.21. The molecule has 7 nitrogen and oxygen atoms in total. The molecule has 1 aromatic heterocycles. The van der Waals surface area contributed by atoms with Gasteiger partial charge in [-0.2, -0.15) is 0 Å².